The summed E-state index contributed by atoms with van der Waals surface area (Å²) < 4.78 is 13.7. The van der Waals surface area contributed by atoms with Crippen LogP contribution < -0.4 is 0 Å². The van der Waals surface area contributed by atoms with Gasteiger partial charge in [0.2, 0.25) is 0 Å². The minimum Gasteiger partial charge on any atom is -0.357 e. The third kappa shape index (κ3) is 2.70. The Kier molecular flexibility index (Phi) is 3.63. The van der Waals surface area contributed by atoms with Crippen molar-refractivity contribution in [2.24, 2.45) is 0 Å². The average Bonchev–Trinajstić information content (AvgIpc) is 3.26. The zero-order valence-corrected chi connectivity index (χ0v) is 13.5. The maximum atomic E-state index is 13.7. The molecule has 1 fully saturated rings. The molecular weight excluding hydrogens is 315 g/mol. The van der Waals surface area contributed by atoms with E-state index >= 15 is 0 Å². The molecule has 0 bridgehead atoms. The molecule has 4 rings (SSSR count). The van der Waals surface area contributed by atoms with Gasteiger partial charge in [0.05, 0.1) is 17.7 Å². The Morgan fingerprint density at radius 3 is 2.76 bits per heavy atom. The number of benzene rings is 2. The van der Waals surface area contributed by atoms with E-state index in [1.807, 2.05) is 24.3 Å². The second kappa shape index (κ2) is 5.96. The zero-order chi connectivity index (χ0) is 17.4. The Labute approximate surface area is 144 Å². The van der Waals surface area contributed by atoms with Crippen LogP contribution in [0.3, 0.4) is 0 Å². The molecule has 1 aliphatic rings. The fraction of sp³-hybridized carbons (Fsp3) is 0.200. The van der Waals surface area contributed by atoms with Gasteiger partial charge in [0.15, 0.2) is 6.19 Å². The number of hydrogen-bond donors (Lipinski definition) is 1. The minimum absolute atomic E-state index is 0.0974. The first-order valence-corrected chi connectivity index (χ1v) is 8.18. The van der Waals surface area contributed by atoms with Crippen molar-refractivity contribution in [2.45, 2.75) is 18.9 Å². The van der Waals surface area contributed by atoms with Gasteiger partial charge in [-0.3, -0.25) is 0 Å². The highest BCUT2D eigenvalue weighted by atomic mass is 19.1. The predicted octanol–water partition coefficient (Wildman–Crippen LogP) is 4.46. The van der Waals surface area contributed by atoms with E-state index in [0.717, 1.165) is 41.5 Å². The molecule has 1 atom stereocenters. The van der Waals surface area contributed by atoms with Gasteiger partial charge in [0, 0.05) is 23.1 Å². The number of nitrogens with zero attached hydrogens (tertiary/aromatic N) is 3. The Bertz CT molecular complexity index is 1040. The van der Waals surface area contributed by atoms with Crippen molar-refractivity contribution >= 4 is 10.9 Å². The van der Waals surface area contributed by atoms with Crippen LogP contribution in [0.25, 0.3) is 22.0 Å². The molecule has 2 aromatic carbocycles. The average molecular weight is 330 g/mol. The summed E-state index contributed by atoms with van der Waals surface area (Å²) in [7, 11) is 0. The maximum Gasteiger partial charge on any atom is 0.179 e. The van der Waals surface area contributed by atoms with Gasteiger partial charge in [0.25, 0.3) is 0 Å². The van der Waals surface area contributed by atoms with Crippen LogP contribution in [0.1, 0.15) is 30.1 Å². The van der Waals surface area contributed by atoms with Gasteiger partial charge in [-0.25, -0.2) is 4.39 Å². The fourth-order valence-corrected chi connectivity index (χ4v) is 3.54. The molecule has 122 valence electrons. The summed E-state index contributed by atoms with van der Waals surface area (Å²) >= 11 is 0. The number of fused-ring (bicyclic) bond motifs is 1. The van der Waals surface area contributed by atoms with Crippen LogP contribution in [0.15, 0.2) is 42.5 Å². The van der Waals surface area contributed by atoms with Gasteiger partial charge < -0.3 is 9.88 Å². The molecule has 25 heavy (non-hydrogen) atoms. The lowest BCUT2D eigenvalue weighted by Crippen LogP contribution is -2.17. The van der Waals surface area contributed by atoms with Gasteiger partial charge in [-0.05, 0) is 60.4 Å². The van der Waals surface area contributed by atoms with Crippen LogP contribution in [0.5, 0.6) is 0 Å². The molecule has 0 amide bonds. The first kappa shape index (κ1) is 15.2. The molecule has 0 saturated carbocycles. The Morgan fingerprint density at radius 2 is 1.96 bits per heavy atom. The Balaban J connectivity index is 1.75. The van der Waals surface area contributed by atoms with E-state index in [0.29, 0.717) is 11.1 Å². The zero-order valence-electron chi connectivity index (χ0n) is 13.5. The third-order valence-electron chi connectivity index (χ3n) is 4.74. The van der Waals surface area contributed by atoms with Crippen LogP contribution >= 0.6 is 0 Å². The molecule has 5 heteroatoms. The molecule has 1 aromatic heterocycles. The lowest BCUT2D eigenvalue weighted by atomic mass is 10.0. The predicted molar refractivity (Wildman–Crippen MR) is 92.7 cm³/mol. The molecule has 1 saturated heterocycles. The number of halogens is 1. The number of aromatic amines is 1. The summed E-state index contributed by atoms with van der Waals surface area (Å²) in [5, 5.41) is 19.3. The third-order valence-corrected chi connectivity index (χ3v) is 4.74. The summed E-state index contributed by atoms with van der Waals surface area (Å²) in [5.41, 5.74) is 3.86. The second-order valence-electron chi connectivity index (χ2n) is 6.32. The molecule has 4 nitrogen and oxygen atoms in total. The van der Waals surface area contributed by atoms with E-state index in [1.54, 1.807) is 11.0 Å². The largest absolute Gasteiger partial charge is 0.357 e. The van der Waals surface area contributed by atoms with Crippen molar-refractivity contribution in [1.82, 2.24) is 9.88 Å². The maximum absolute atomic E-state index is 13.7. The van der Waals surface area contributed by atoms with Crippen molar-refractivity contribution in [3.05, 3.63) is 59.5 Å². The number of H-pyrrole nitrogens is 1. The van der Waals surface area contributed by atoms with Crippen LogP contribution in [0.4, 0.5) is 4.39 Å². The topological polar surface area (TPSA) is 66.6 Å². The summed E-state index contributed by atoms with van der Waals surface area (Å²) in [4.78, 5) is 5.20. The van der Waals surface area contributed by atoms with Crippen LogP contribution in [-0.2, 0) is 0 Å². The number of hydrogen-bond acceptors (Lipinski definition) is 3. The first-order chi connectivity index (χ1) is 12.2. The monoisotopic (exact) mass is 330 g/mol. The van der Waals surface area contributed by atoms with Gasteiger partial charge in [-0.2, -0.15) is 10.5 Å². The number of nitriles is 2. The highest BCUT2D eigenvalue weighted by molar-refractivity contribution is 5.86. The van der Waals surface area contributed by atoms with E-state index in [1.165, 1.54) is 12.1 Å². The molecule has 0 aliphatic carbocycles. The second-order valence-corrected chi connectivity index (χ2v) is 6.32. The number of rotatable bonds is 2. The summed E-state index contributed by atoms with van der Waals surface area (Å²) in [6.07, 6.45) is 4.23. The van der Waals surface area contributed by atoms with Gasteiger partial charge in [-0.1, -0.05) is 6.07 Å². The molecule has 2 heterocycles. The molecular formula is C20H15FN4. The lowest BCUT2D eigenvalue weighted by Gasteiger charge is -2.16. The smallest absolute Gasteiger partial charge is 0.179 e. The van der Waals surface area contributed by atoms with Crippen molar-refractivity contribution < 1.29 is 4.39 Å². The highest BCUT2D eigenvalue weighted by Crippen LogP contribution is 2.34. The normalized spacial score (nSPS) is 16.8. The van der Waals surface area contributed by atoms with Gasteiger partial charge >= 0.3 is 0 Å². The van der Waals surface area contributed by atoms with Crippen molar-refractivity contribution in [3.8, 4) is 23.4 Å². The van der Waals surface area contributed by atoms with Crippen molar-refractivity contribution in [1.29, 1.82) is 10.5 Å². The lowest BCUT2D eigenvalue weighted by molar-refractivity contribution is 0.369. The van der Waals surface area contributed by atoms with E-state index in [4.69, 9.17) is 5.26 Å². The van der Waals surface area contributed by atoms with Crippen LogP contribution in [0.2, 0.25) is 0 Å². The molecule has 3 aromatic rings. The first-order valence-electron chi connectivity index (χ1n) is 8.18. The van der Waals surface area contributed by atoms with E-state index in [9.17, 15) is 9.65 Å². The summed E-state index contributed by atoms with van der Waals surface area (Å²) in [6.45, 7) is 0.794. The SMILES string of the molecule is N#Cc1cc(F)cc(-c2ccc3[nH]c([C@@H]4CCCN4C#N)cc3c2)c1. The Morgan fingerprint density at radius 1 is 1.08 bits per heavy atom. The van der Waals surface area contributed by atoms with Gasteiger partial charge in [0.1, 0.15) is 5.82 Å². The van der Waals surface area contributed by atoms with Gasteiger partial charge in [-0.15, -0.1) is 0 Å². The standard InChI is InChI=1S/C20H15FN4/c21-17-7-13(11-22)6-15(9-17)14-3-4-18-16(8-14)10-19(24-18)20-2-1-5-25(20)12-23/h3-4,6-10,20,24H,1-2,5H2/t20-/m0/s1. The molecule has 1 aliphatic heterocycles. The number of aromatic nitrogens is 1. The molecule has 0 unspecified atom stereocenters. The fourth-order valence-electron chi connectivity index (χ4n) is 3.54. The van der Waals surface area contributed by atoms with E-state index in [-0.39, 0.29) is 6.04 Å². The van der Waals surface area contributed by atoms with E-state index < -0.39 is 5.82 Å². The quantitative estimate of drug-likeness (QED) is 0.705. The Hall–Kier alpha value is -3.31. The van der Waals surface area contributed by atoms with Crippen LogP contribution in [-0.4, -0.2) is 16.4 Å². The number of nitrogens with one attached hydrogen (secondary N) is 1. The summed E-state index contributed by atoms with van der Waals surface area (Å²) in [5.74, 6) is -0.417. The molecule has 0 radical (unpaired) electrons. The highest BCUT2D eigenvalue weighted by Gasteiger charge is 2.26. The van der Waals surface area contributed by atoms with E-state index in [2.05, 4.69) is 17.2 Å². The summed E-state index contributed by atoms with van der Waals surface area (Å²) in [6, 6.07) is 14.3. The van der Waals surface area contributed by atoms with Crippen molar-refractivity contribution in [3.63, 3.8) is 0 Å². The number of likely N-dealkylation sites (tertiary alicyclic amines) is 1. The van der Waals surface area contributed by atoms with Crippen LogP contribution in [0, 0.1) is 28.6 Å². The molecule has 0 spiro atoms. The van der Waals surface area contributed by atoms with Crippen molar-refractivity contribution in [2.75, 3.05) is 6.54 Å². The minimum atomic E-state index is -0.417. The molecule has 1 N–H and O–H groups in total.